The number of hydrogen-bond donors (Lipinski definition) is 0. The highest BCUT2D eigenvalue weighted by Crippen LogP contribution is 2.47. The minimum atomic E-state index is -0.344. The summed E-state index contributed by atoms with van der Waals surface area (Å²) in [5.74, 6) is -0.304. The smallest absolute Gasteiger partial charge is 0.169 e. The summed E-state index contributed by atoms with van der Waals surface area (Å²) in [6, 6.07) is 2.34. The van der Waals surface area contributed by atoms with Gasteiger partial charge in [0.1, 0.15) is 11.7 Å². The Labute approximate surface area is 170 Å². The van der Waals surface area contributed by atoms with E-state index in [1.165, 1.54) is 19.3 Å². The number of nitriles is 1. The van der Waals surface area contributed by atoms with E-state index in [-0.39, 0.29) is 41.7 Å². The maximum Gasteiger partial charge on any atom is 0.169 e. The Morgan fingerprint density at radius 1 is 1.15 bits per heavy atom. The molecule has 0 aromatic rings. The Hall–Kier alpha value is 0.0600. The van der Waals surface area contributed by atoms with E-state index in [1.807, 2.05) is 6.92 Å². The van der Waals surface area contributed by atoms with Gasteiger partial charge in [0.25, 0.3) is 0 Å². The number of hydrogen-bond acceptors (Lipinski definition) is 5. The van der Waals surface area contributed by atoms with Gasteiger partial charge in [-0.05, 0) is 39.0 Å². The second-order valence-corrected chi connectivity index (χ2v) is 9.35. The van der Waals surface area contributed by atoms with Crippen LogP contribution in [0.5, 0.6) is 0 Å². The van der Waals surface area contributed by atoms with Gasteiger partial charge in [-0.1, -0.05) is 29.0 Å². The van der Waals surface area contributed by atoms with Crippen molar-refractivity contribution in [2.75, 3.05) is 11.0 Å². The lowest BCUT2D eigenvalue weighted by Crippen LogP contribution is -2.50. The molecule has 6 atom stereocenters. The molecule has 3 saturated heterocycles. The highest BCUT2D eigenvalue weighted by molar-refractivity contribution is 14.1. The molecule has 5 nitrogen and oxygen atoms in total. The lowest BCUT2D eigenvalue weighted by molar-refractivity contribution is -0.199. The Bertz CT molecular complexity index is 546. The predicted octanol–water partition coefficient (Wildman–Crippen LogP) is 4.12. The Morgan fingerprint density at radius 3 is 2.69 bits per heavy atom. The summed E-state index contributed by atoms with van der Waals surface area (Å²) in [4.78, 5) is 0. The van der Waals surface area contributed by atoms with Crippen molar-refractivity contribution in [1.82, 2.24) is 0 Å². The van der Waals surface area contributed by atoms with E-state index in [0.717, 1.165) is 43.0 Å². The molecule has 1 spiro atoms. The molecular formula is C20H30INO4. The summed E-state index contributed by atoms with van der Waals surface area (Å²) in [5.41, 5.74) is -0.227. The zero-order valence-corrected chi connectivity index (χ0v) is 17.8. The molecule has 4 fully saturated rings. The molecular weight excluding hydrogens is 445 g/mol. The molecule has 4 rings (SSSR count). The molecule has 4 aliphatic rings. The van der Waals surface area contributed by atoms with Gasteiger partial charge in [0.05, 0.1) is 31.0 Å². The molecule has 0 radical (unpaired) electrons. The van der Waals surface area contributed by atoms with Crippen molar-refractivity contribution < 1.29 is 18.9 Å². The number of nitrogens with zero attached hydrogens (tertiary/aromatic N) is 1. The van der Waals surface area contributed by atoms with Crippen LogP contribution in [0.25, 0.3) is 0 Å². The van der Waals surface area contributed by atoms with Gasteiger partial charge in [0.2, 0.25) is 0 Å². The van der Waals surface area contributed by atoms with Crippen molar-refractivity contribution in [2.45, 2.75) is 101 Å². The Balaban J connectivity index is 1.40. The third-order valence-electron chi connectivity index (χ3n) is 6.59. The fraction of sp³-hybridized carbons (Fsp3) is 0.950. The minimum absolute atomic E-state index is 0.0265. The third kappa shape index (κ3) is 3.67. The van der Waals surface area contributed by atoms with Gasteiger partial charge in [0, 0.05) is 29.6 Å². The normalized spacial score (nSPS) is 43.1. The summed E-state index contributed by atoms with van der Waals surface area (Å²) in [6.45, 7) is 2.62. The van der Waals surface area contributed by atoms with Gasteiger partial charge in [-0.15, -0.1) is 0 Å². The number of fused-ring (bicyclic) bond motifs is 1. The lowest BCUT2D eigenvalue weighted by atomic mass is 9.86. The van der Waals surface area contributed by atoms with Crippen molar-refractivity contribution in [3.63, 3.8) is 0 Å². The van der Waals surface area contributed by atoms with Gasteiger partial charge in [-0.3, -0.25) is 0 Å². The number of alkyl halides is 1. The molecule has 3 heterocycles. The molecule has 0 aromatic carbocycles. The third-order valence-corrected chi connectivity index (χ3v) is 7.89. The molecule has 6 heteroatoms. The number of halogens is 1. The molecule has 146 valence electrons. The van der Waals surface area contributed by atoms with Crippen LogP contribution in [-0.2, 0) is 18.9 Å². The summed E-state index contributed by atoms with van der Waals surface area (Å²) in [6.07, 6.45) is 9.80. The maximum absolute atomic E-state index is 9.12. The fourth-order valence-electron chi connectivity index (χ4n) is 5.16. The van der Waals surface area contributed by atoms with E-state index >= 15 is 0 Å². The number of rotatable bonds is 4. The first-order valence-electron chi connectivity index (χ1n) is 10.2. The molecule has 0 N–H and O–H groups in total. The van der Waals surface area contributed by atoms with Crippen molar-refractivity contribution >= 4 is 22.6 Å². The van der Waals surface area contributed by atoms with E-state index in [1.54, 1.807) is 0 Å². The first kappa shape index (κ1) is 19.4. The Morgan fingerprint density at radius 2 is 1.96 bits per heavy atom. The van der Waals surface area contributed by atoms with E-state index in [2.05, 4.69) is 28.7 Å². The van der Waals surface area contributed by atoms with Crippen LogP contribution in [0.1, 0.15) is 64.7 Å². The quantitative estimate of drug-likeness (QED) is 0.452. The predicted molar refractivity (Wildman–Crippen MR) is 105 cm³/mol. The van der Waals surface area contributed by atoms with Crippen LogP contribution >= 0.6 is 22.6 Å². The highest BCUT2D eigenvalue weighted by Gasteiger charge is 2.56. The number of ether oxygens (including phenoxy) is 4. The molecule has 0 aromatic heterocycles. The lowest BCUT2D eigenvalue weighted by Gasteiger charge is -2.41. The monoisotopic (exact) mass is 475 g/mol. The zero-order valence-electron chi connectivity index (χ0n) is 15.6. The average Bonchev–Trinajstić information content (AvgIpc) is 3.24. The highest BCUT2D eigenvalue weighted by atomic mass is 127. The molecule has 26 heavy (non-hydrogen) atoms. The van der Waals surface area contributed by atoms with Gasteiger partial charge in [-0.25, -0.2) is 0 Å². The second kappa shape index (κ2) is 7.82. The van der Waals surface area contributed by atoms with E-state index < -0.39 is 0 Å². The van der Waals surface area contributed by atoms with Crippen LogP contribution < -0.4 is 0 Å². The van der Waals surface area contributed by atoms with Crippen LogP contribution in [-0.4, -0.2) is 46.8 Å². The topological polar surface area (TPSA) is 60.7 Å². The average molecular weight is 475 g/mol. The van der Waals surface area contributed by atoms with Crippen LogP contribution in [0.2, 0.25) is 0 Å². The molecule has 0 bridgehead atoms. The largest absolute Gasteiger partial charge is 0.369 e. The van der Waals surface area contributed by atoms with Crippen molar-refractivity contribution in [2.24, 2.45) is 5.92 Å². The van der Waals surface area contributed by atoms with E-state index in [0.29, 0.717) is 6.61 Å². The molecule has 4 unspecified atom stereocenters. The molecule has 3 aliphatic heterocycles. The van der Waals surface area contributed by atoms with Crippen LogP contribution in [0.15, 0.2) is 0 Å². The summed E-state index contributed by atoms with van der Waals surface area (Å²) < 4.78 is 26.5. The Kier molecular flexibility index (Phi) is 5.83. The SMILES string of the molecule is C[C@@H](C#N)CC1CCC2OC([C@H]3COC4(CCCCC4)O3)CC2(CI)O1. The van der Waals surface area contributed by atoms with Gasteiger partial charge >= 0.3 is 0 Å². The second-order valence-electron chi connectivity index (χ2n) is 8.59. The first-order chi connectivity index (χ1) is 12.6. The van der Waals surface area contributed by atoms with E-state index in [4.69, 9.17) is 24.2 Å². The fourth-order valence-corrected chi connectivity index (χ4v) is 6.14. The van der Waals surface area contributed by atoms with Gasteiger partial charge < -0.3 is 18.9 Å². The van der Waals surface area contributed by atoms with Crippen molar-refractivity contribution in [1.29, 1.82) is 5.26 Å². The van der Waals surface area contributed by atoms with Gasteiger partial charge in [0.15, 0.2) is 5.79 Å². The molecule has 0 amide bonds. The minimum Gasteiger partial charge on any atom is -0.369 e. The van der Waals surface area contributed by atoms with Crippen molar-refractivity contribution in [3.8, 4) is 6.07 Å². The van der Waals surface area contributed by atoms with Gasteiger partial charge in [-0.2, -0.15) is 5.26 Å². The summed E-state index contributed by atoms with van der Waals surface area (Å²) in [7, 11) is 0. The summed E-state index contributed by atoms with van der Waals surface area (Å²) >= 11 is 2.44. The summed E-state index contributed by atoms with van der Waals surface area (Å²) in [5, 5.41) is 9.12. The standard InChI is InChI=1S/C20H30INO4/c1-14(11-22)9-15-5-6-18-19(13-21,25-15)10-16(24-18)17-12-23-20(26-17)7-3-2-4-8-20/h14-18H,2-10,12-13H2,1H3/t14-,15?,16?,17-,18?,19?/m1/s1. The first-order valence-corrected chi connectivity index (χ1v) is 11.7. The van der Waals surface area contributed by atoms with Crippen molar-refractivity contribution in [3.05, 3.63) is 0 Å². The molecule has 1 saturated carbocycles. The van der Waals surface area contributed by atoms with Crippen LogP contribution in [0.4, 0.5) is 0 Å². The van der Waals surface area contributed by atoms with E-state index in [9.17, 15) is 0 Å². The maximum atomic E-state index is 9.12. The van der Waals surface area contributed by atoms with Crippen LogP contribution in [0, 0.1) is 17.2 Å². The molecule has 1 aliphatic carbocycles. The van der Waals surface area contributed by atoms with Crippen LogP contribution in [0.3, 0.4) is 0 Å². The zero-order chi connectivity index (χ0) is 18.2.